The predicted octanol–water partition coefficient (Wildman–Crippen LogP) is 3.23. The molecule has 0 radical (unpaired) electrons. The van der Waals surface area contributed by atoms with Crippen LogP contribution in [0.25, 0.3) is 27.5 Å². The van der Waals surface area contributed by atoms with Gasteiger partial charge in [-0.2, -0.15) is 5.10 Å². The molecule has 0 saturated heterocycles. The summed E-state index contributed by atoms with van der Waals surface area (Å²) in [5.74, 6) is 0. The highest BCUT2D eigenvalue weighted by Crippen LogP contribution is 2.27. The minimum Gasteiger partial charge on any atom is -0.274 e. The van der Waals surface area contributed by atoms with Gasteiger partial charge in [0, 0.05) is 35.2 Å². The first-order valence-corrected chi connectivity index (χ1v) is 7.53. The average molecular weight is 325 g/mol. The second-order valence-corrected chi connectivity index (χ2v) is 5.91. The van der Waals surface area contributed by atoms with Crippen LogP contribution in [0.3, 0.4) is 0 Å². The van der Waals surface area contributed by atoms with Crippen LogP contribution in [0.1, 0.15) is 5.69 Å². The summed E-state index contributed by atoms with van der Waals surface area (Å²) in [7, 11) is 1.81. The number of aryl methyl sites for hydroxylation is 2. The molecule has 0 fully saturated rings. The molecule has 4 aromatic rings. The van der Waals surface area contributed by atoms with Crippen LogP contribution in [0.15, 0.2) is 47.5 Å². The summed E-state index contributed by atoms with van der Waals surface area (Å²) in [4.78, 5) is 17.3. The molecule has 0 amide bonds. The van der Waals surface area contributed by atoms with Gasteiger partial charge in [-0.3, -0.25) is 19.0 Å². The highest BCUT2D eigenvalue weighted by Gasteiger charge is 2.16. The summed E-state index contributed by atoms with van der Waals surface area (Å²) in [5.41, 5.74) is 2.51. The van der Waals surface area contributed by atoms with E-state index in [4.69, 9.17) is 11.6 Å². The summed E-state index contributed by atoms with van der Waals surface area (Å²) in [6, 6.07) is 9.23. The van der Waals surface area contributed by atoms with Crippen molar-refractivity contribution in [3.8, 4) is 5.69 Å². The Morgan fingerprint density at radius 1 is 1.17 bits per heavy atom. The number of hydrogen-bond acceptors (Lipinski definition) is 3. The molecule has 114 valence electrons. The molecule has 0 aliphatic rings. The number of pyridine rings is 2. The fraction of sp³-hybridized carbons (Fsp3) is 0.118. The van der Waals surface area contributed by atoms with E-state index in [1.807, 2.05) is 37.4 Å². The number of hydrogen-bond donors (Lipinski definition) is 0. The van der Waals surface area contributed by atoms with Crippen molar-refractivity contribution in [2.75, 3.05) is 0 Å². The van der Waals surface area contributed by atoms with E-state index < -0.39 is 0 Å². The second-order valence-electron chi connectivity index (χ2n) is 5.48. The van der Waals surface area contributed by atoms with Crippen LogP contribution in [0, 0.1) is 6.92 Å². The first-order chi connectivity index (χ1) is 11.1. The minimum absolute atomic E-state index is 0.175. The van der Waals surface area contributed by atoms with Crippen LogP contribution in [0.4, 0.5) is 0 Å². The Labute approximate surface area is 136 Å². The number of nitrogens with zero attached hydrogens (tertiary/aromatic N) is 4. The number of rotatable bonds is 1. The summed E-state index contributed by atoms with van der Waals surface area (Å²) in [6.45, 7) is 1.88. The quantitative estimate of drug-likeness (QED) is 0.540. The van der Waals surface area contributed by atoms with Crippen molar-refractivity contribution in [3.05, 3.63) is 63.8 Å². The normalized spacial score (nSPS) is 11.4. The first kappa shape index (κ1) is 14.0. The second kappa shape index (κ2) is 4.93. The standard InChI is InChI=1S/C17H13ClN4O/c1-10-14(4-3-7-19-10)22-15-8-11(18)5-6-12(15)13-9-21(2)20-16(13)17(22)23/h3-9H,1-2H3. The third kappa shape index (κ3) is 2.04. The van der Waals surface area contributed by atoms with Crippen LogP contribution in [-0.2, 0) is 7.05 Å². The molecule has 3 aromatic heterocycles. The van der Waals surface area contributed by atoms with E-state index in [1.165, 1.54) is 0 Å². The van der Waals surface area contributed by atoms with Crippen molar-refractivity contribution in [2.24, 2.45) is 7.05 Å². The van der Waals surface area contributed by atoms with Gasteiger partial charge in [0.1, 0.15) is 0 Å². The summed E-state index contributed by atoms with van der Waals surface area (Å²) in [5, 5.41) is 6.66. The maximum atomic E-state index is 13.0. The van der Waals surface area contributed by atoms with E-state index in [-0.39, 0.29) is 5.56 Å². The largest absolute Gasteiger partial charge is 0.284 e. The van der Waals surface area contributed by atoms with Gasteiger partial charge in [-0.25, -0.2) is 0 Å². The van der Waals surface area contributed by atoms with Gasteiger partial charge in [-0.1, -0.05) is 17.7 Å². The van der Waals surface area contributed by atoms with E-state index in [2.05, 4.69) is 10.1 Å². The van der Waals surface area contributed by atoms with Crippen LogP contribution < -0.4 is 5.56 Å². The highest BCUT2D eigenvalue weighted by molar-refractivity contribution is 6.31. The van der Waals surface area contributed by atoms with E-state index in [1.54, 1.807) is 28.6 Å². The Hall–Kier alpha value is -2.66. The minimum atomic E-state index is -0.175. The number of aromatic nitrogens is 4. The van der Waals surface area contributed by atoms with Crippen molar-refractivity contribution in [1.82, 2.24) is 19.3 Å². The van der Waals surface area contributed by atoms with Crippen molar-refractivity contribution in [1.29, 1.82) is 0 Å². The summed E-state index contributed by atoms with van der Waals surface area (Å²) in [6.07, 6.45) is 3.56. The van der Waals surface area contributed by atoms with E-state index >= 15 is 0 Å². The SMILES string of the molecule is Cc1ncccc1-n1c(=O)c2nn(C)cc2c2ccc(Cl)cc21. The van der Waals surface area contributed by atoms with Crippen LogP contribution in [0.5, 0.6) is 0 Å². The topological polar surface area (TPSA) is 52.7 Å². The molecule has 0 aliphatic heterocycles. The Morgan fingerprint density at radius 3 is 2.78 bits per heavy atom. The van der Waals surface area contributed by atoms with E-state index in [0.717, 1.165) is 27.7 Å². The Kier molecular flexibility index (Phi) is 2.99. The van der Waals surface area contributed by atoms with Gasteiger partial charge in [-0.15, -0.1) is 0 Å². The van der Waals surface area contributed by atoms with E-state index in [9.17, 15) is 4.79 Å². The molecule has 0 atom stereocenters. The van der Waals surface area contributed by atoms with Crippen LogP contribution in [-0.4, -0.2) is 19.3 Å². The highest BCUT2D eigenvalue weighted by atomic mass is 35.5. The van der Waals surface area contributed by atoms with Gasteiger partial charge >= 0.3 is 0 Å². The molecule has 0 unspecified atom stereocenters. The molecule has 5 nitrogen and oxygen atoms in total. The maximum absolute atomic E-state index is 13.0. The lowest BCUT2D eigenvalue weighted by molar-refractivity contribution is 0.777. The third-order valence-corrected chi connectivity index (χ3v) is 4.18. The number of benzene rings is 1. The zero-order chi connectivity index (χ0) is 16.1. The lowest BCUT2D eigenvalue weighted by atomic mass is 10.1. The van der Waals surface area contributed by atoms with Crippen LogP contribution >= 0.6 is 11.6 Å². The molecule has 3 heterocycles. The molecule has 6 heteroatoms. The van der Waals surface area contributed by atoms with Gasteiger partial charge in [0.15, 0.2) is 5.52 Å². The molecule has 0 spiro atoms. The average Bonchev–Trinajstić information content (AvgIpc) is 2.91. The van der Waals surface area contributed by atoms with Gasteiger partial charge in [0.25, 0.3) is 5.56 Å². The molecule has 0 N–H and O–H groups in total. The first-order valence-electron chi connectivity index (χ1n) is 7.16. The maximum Gasteiger partial charge on any atom is 0.284 e. The third-order valence-electron chi connectivity index (χ3n) is 3.95. The van der Waals surface area contributed by atoms with Gasteiger partial charge in [0.05, 0.1) is 16.9 Å². The smallest absolute Gasteiger partial charge is 0.274 e. The lowest BCUT2D eigenvalue weighted by Crippen LogP contribution is -2.20. The van der Waals surface area contributed by atoms with Crippen molar-refractivity contribution >= 4 is 33.4 Å². The van der Waals surface area contributed by atoms with Crippen molar-refractivity contribution < 1.29 is 0 Å². The van der Waals surface area contributed by atoms with Crippen molar-refractivity contribution in [2.45, 2.75) is 6.92 Å². The van der Waals surface area contributed by atoms with Gasteiger partial charge < -0.3 is 0 Å². The predicted molar refractivity (Wildman–Crippen MR) is 91.4 cm³/mol. The molecule has 1 aromatic carbocycles. The van der Waals surface area contributed by atoms with Gasteiger partial charge in [-0.05, 0) is 31.2 Å². The summed E-state index contributed by atoms with van der Waals surface area (Å²) < 4.78 is 3.29. The van der Waals surface area contributed by atoms with Gasteiger partial charge in [0.2, 0.25) is 0 Å². The molecular weight excluding hydrogens is 312 g/mol. The van der Waals surface area contributed by atoms with Crippen molar-refractivity contribution in [3.63, 3.8) is 0 Å². The molecule has 0 saturated carbocycles. The van der Waals surface area contributed by atoms with E-state index in [0.29, 0.717) is 10.5 Å². The molecule has 23 heavy (non-hydrogen) atoms. The molecular formula is C17H13ClN4O. The van der Waals surface area contributed by atoms with Crippen LogP contribution in [0.2, 0.25) is 5.02 Å². The zero-order valence-corrected chi connectivity index (χ0v) is 13.4. The number of halogens is 1. The number of fused-ring (bicyclic) bond motifs is 3. The fourth-order valence-corrected chi connectivity index (χ4v) is 3.09. The lowest BCUT2D eigenvalue weighted by Gasteiger charge is -2.13. The molecule has 0 aliphatic carbocycles. The summed E-state index contributed by atoms with van der Waals surface area (Å²) >= 11 is 6.17. The Morgan fingerprint density at radius 2 is 2.00 bits per heavy atom. The monoisotopic (exact) mass is 324 g/mol. The molecule has 0 bridgehead atoms. The Balaban J connectivity index is 2.29. The Bertz CT molecular complexity index is 1130. The zero-order valence-electron chi connectivity index (χ0n) is 12.6. The molecule has 4 rings (SSSR count). The fourth-order valence-electron chi connectivity index (χ4n) is 2.93.